The quantitative estimate of drug-likeness (QED) is 0.929. The topological polar surface area (TPSA) is 68.2 Å². The molecule has 0 spiro atoms. The fraction of sp³-hybridized carbons (Fsp3) is 0.467. The fourth-order valence-corrected chi connectivity index (χ4v) is 2.74. The first-order chi connectivity index (χ1) is 9.79. The number of hydrogen-bond donors (Lipinski definition) is 1. The molecule has 5 heteroatoms. The molecule has 3 heterocycles. The number of rotatable bonds is 3. The van der Waals surface area contributed by atoms with Crippen molar-refractivity contribution in [3.63, 3.8) is 0 Å². The number of nitrogens with two attached hydrogens (primary N) is 1. The van der Waals surface area contributed by atoms with Crippen LogP contribution < -0.4 is 10.6 Å². The van der Waals surface area contributed by atoms with Gasteiger partial charge in [-0.15, -0.1) is 0 Å². The maximum atomic E-state index is 5.88. The predicted molar refractivity (Wildman–Crippen MR) is 78.5 cm³/mol. The van der Waals surface area contributed by atoms with Crippen LogP contribution in [0.4, 0.5) is 5.95 Å². The molecule has 0 bridgehead atoms. The zero-order valence-corrected chi connectivity index (χ0v) is 11.7. The summed E-state index contributed by atoms with van der Waals surface area (Å²) in [6.45, 7) is 3.62. The minimum atomic E-state index is 0.343. The molecule has 2 aromatic heterocycles. The summed E-state index contributed by atoms with van der Waals surface area (Å²) in [5, 5.41) is 0. The van der Waals surface area contributed by atoms with E-state index in [1.54, 1.807) is 6.26 Å². The van der Waals surface area contributed by atoms with Gasteiger partial charge in [0, 0.05) is 25.3 Å². The van der Waals surface area contributed by atoms with E-state index in [1.165, 1.54) is 12.8 Å². The van der Waals surface area contributed by atoms with E-state index < -0.39 is 0 Å². The van der Waals surface area contributed by atoms with Gasteiger partial charge in [-0.05, 0) is 43.9 Å². The second-order valence-corrected chi connectivity index (χ2v) is 5.26. The van der Waals surface area contributed by atoms with Gasteiger partial charge in [-0.2, -0.15) is 0 Å². The second kappa shape index (κ2) is 5.63. The van der Waals surface area contributed by atoms with Crippen LogP contribution in [0.5, 0.6) is 0 Å². The van der Waals surface area contributed by atoms with Gasteiger partial charge in [0.05, 0.1) is 6.26 Å². The van der Waals surface area contributed by atoms with E-state index in [4.69, 9.17) is 15.1 Å². The third kappa shape index (κ3) is 2.41. The maximum Gasteiger partial charge on any atom is 0.226 e. The molecule has 0 saturated carbocycles. The molecule has 1 unspecified atom stereocenters. The Balaban J connectivity index is 1.96. The number of hydrogen-bond acceptors (Lipinski definition) is 5. The molecule has 1 aliphatic rings. The Morgan fingerprint density at radius 3 is 3.10 bits per heavy atom. The van der Waals surface area contributed by atoms with Gasteiger partial charge in [0.1, 0.15) is 5.69 Å². The van der Waals surface area contributed by atoms with Crippen LogP contribution in [0.1, 0.15) is 24.8 Å². The summed E-state index contributed by atoms with van der Waals surface area (Å²) in [7, 11) is 0. The van der Waals surface area contributed by atoms with E-state index in [0.29, 0.717) is 12.6 Å². The van der Waals surface area contributed by atoms with Gasteiger partial charge in [-0.3, -0.25) is 0 Å². The number of anilines is 1. The number of aryl methyl sites for hydroxylation is 1. The van der Waals surface area contributed by atoms with Crippen molar-refractivity contribution in [2.45, 2.75) is 32.2 Å². The van der Waals surface area contributed by atoms with Crippen molar-refractivity contribution in [1.82, 2.24) is 9.97 Å². The van der Waals surface area contributed by atoms with Gasteiger partial charge < -0.3 is 15.1 Å². The second-order valence-electron chi connectivity index (χ2n) is 5.26. The lowest BCUT2D eigenvalue weighted by Crippen LogP contribution is -2.45. The summed E-state index contributed by atoms with van der Waals surface area (Å²) >= 11 is 0. The highest BCUT2D eigenvalue weighted by Crippen LogP contribution is 2.26. The minimum Gasteiger partial charge on any atom is -0.463 e. The smallest absolute Gasteiger partial charge is 0.226 e. The molecule has 3 rings (SSSR count). The molecule has 0 aliphatic carbocycles. The summed E-state index contributed by atoms with van der Waals surface area (Å²) in [5.41, 5.74) is 7.76. The normalized spacial score (nSPS) is 19.3. The SMILES string of the molecule is Cc1cnc(N2CCCCC2CN)nc1-c1ccco1. The average Bonchev–Trinajstić information content (AvgIpc) is 3.02. The Morgan fingerprint density at radius 1 is 1.45 bits per heavy atom. The summed E-state index contributed by atoms with van der Waals surface area (Å²) in [6, 6.07) is 4.14. The van der Waals surface area contributed by atoms with Gasteiger partial charge in [0.2, 0.25) is 5.95 Å². The predicted octanol–water partition coefficient (Wildman–Crippen LogP) is 2.36. The summed E-state index contributed by atoms with van der Waals surface area (Å²) in [4.78, 5) is 11.4. The lowest BCUT2D eigenvalue weighted by atomic mass is 10.0. The van der Waals surface area contributed by atoms with Gasteiger partial charge in [0.25, 0.3) is 0 Å². The van der Waals surface area contributed by atoms with Crippen LogP contribution in [0.25, 0.3) is 11.5 Å². The standard InChI is InChI=1S/C15H20N4O/c1-11-10-17-15(18-14(11)13-6-4-8-20-13)19-7-3-2-5-12(19)9-16/h4,6,8,10,12H,2-3,5,7,9,16H2,1H3. The van der Waals surface area contributed by atoms with Crippen molar-refractivity contribution >= 4 is 5.95 Å². The fourth-order valence-electron chi connectivity index (χ4n) is 2.74. The summed E-state index contributed by atoms with van der Waals surface area (Å²) in [6.07, 6.45) is 7.05. The zero-order valence-electron chi connectivity index (χ0n) is 11.7. The molecule has 0 aromatic carbocycles. The Kier molecular flexibility index (Phi) is 3.69. The van der Waals surface area contributed by atoms with E-state index in [0.717, 1.165) is 35.9 Å². The molecule has 20 heavy (non-hydrogen) atoms. The highest BCUT2D eigenvalue weighted by molar-refractivity contribution is 5.58. The van der Waals surface area contributed by atoms with Crippen LogP contribution in [-0.4, -0.2) is 29.1 Å². The van der Waals surface area contributed by atoms with Crippen molar-refractivity contribution in [1.29, 1.82) is 0 Å². The van der Waals surface area contributed by atoms with Crippen LogP contribution in [0.2, 0.25) is 0 Å². The first kappa shape index (κ1) is 13.1. The van der Waals surface area contributed by atoms with E-state index in [2.05, 4.69) is 9.88 Å². The molecular formula is C15H20N4O. The van der Waals surface area contributed by atoms with Crippen molar-refractivity contribution in [2.75, 3.05) is 18.0 Å². The molecular weight excluding hydrogens is 252 g/mol. The van der Waals surface area contributed by atoms with E-state index >= 15 is 0 Å². The monoisotopic (exact) mass is 272 g/mol. The molecule has 0 amide bonds. The Morgan fingerprint density at radius 2 is 2.35 bits per heavy atom. The Hall–Kier alpha value is -1.88. The Labute approximate surface area is 118 Å². The maximum absolute atomic E-state index is 5.88. The zero-order chi connectivity index (χ0) is 13.9. The summed E-state index contributed by atoms with van der Waals surface area (Å²) in [5.74, 6) is 1.55. The van der Waals surface area contributed by atoms with Crippen LogP contribution in [0.15, 0.2) is 29.0 Å². The van der Waals surface area contributed by atoms with Crippen LogP contribution in [0, 0.1) is 6.92 Å². The van der Waals surface area contributed by atoms with Gasteiger partial charge in [-0.25, -0.2) is 9.97 Å². The average molecular weight is 272 g/mol. The van der Waals surface area contributed by atoms with E-state index in [-0.39, 0.29) is 0 Å². The molecule has 1 aliphatic heterocycles. The van der Waals surface area contributed by atoms with E-state index in [1.807, 2.05) is 25.3 Å². The van der Waals surface area contributed by atoms with Gasteiger partial charge >= 0.3 is 0 Å². The molecule has 1 saturated heterocycles. The van der Waals surface area contributed by atoms with Gasteiger partial charge in [-0.1, -0.05) is 0 Å². The van der Waals surface area contributed by atoms with Crippen molar-refractivity contribution in [3.05, 3.63) is 30.2 Å². The van der Waals surface area contributed by atoms with Crippen LogP contribution in [-0.2, 0) is 0 Å². The number of furan rings is 1. The van der Waals surface area contributed by atoms with Crippen molar-refractivity contribution < 1.29 is 4.42 Å². The van der Waals surface area contributed by atoms with Crippen LogP contribution in [0.3, 0.4) is 0 Å². The molecule has 1 fully saturated rings. The van der Waals surface area contributed by atoms with Crippen molar-refractivity contribution in [3.8, 4) is 11.5 Å². The molecule has 2 aromatic rings. The lowest BCUT2D eigenvalue weighted by Gasteiger charge is -2.35. The molecule has 0 radical (unpaired) electrons. The highest BCUT2D eigenvalue weighted by Gasteiger charge is 2.24. The third-order valence-corrected chi connectivity index (χ3v) is 3.87. The van der Waals surface area contributed by atoms with Crippen molar-refractivity contribution in [2.24, 2.45) is 5.73 Å². The minimum absolute atomic E-state index is 0.343. The number of aromatic nitrogens is 2. The largest absolute Gasteiger partial charge is 0.463 e. The van der Waals surface area contributed by atoms with Crippen LogP contribution >= 0.6 is 0 Å². The molecule has 5 nitrogen and oxygen atoms in total. The first-order valence-electron chi connectivity index (χ1n) is 7.14. The summed E-state index contributed by atoms with van der Waals surface area (Å²) < 4.78 is 5.46. The van der Waals surface area contributed by atoms with E-state index in [9.17, 15) is 0 Å². The van der Waals surface area contributed by atoms with Gasteiger partial charge in [0.15, 0.2) is 5.76 Å². The number of piperidine rings is 1. The Bertz CT molecular complexity index is 567. The number of nitrogens with zero attached hydrogens (tertiary/aromatic N) is 3. The first-order valence-corrected chi connectivity index (χ1v) is 7.14. The molecule has 1 atom stereocenters. The highest BCUT2D eigenvalue weighted by atomic mass is 16.3. The lowest BCUT2D eigenvalue weighted by molar-refractivity contribution is 0.458. The molecule has 2 N–H and O–H groups in total. The third-order valence-electron chi connectivity index (χ3n) is 3.87. The molecule has 106 valence electrons.